The molecule has 1 aromatic heterocycles. The van der Waals surface area contributed by atoms with Crippen molar-refractivity contribution in [2.45, 2.75) is 51.4 Å². The second-order valence-corrected chi connectivity index (χ2v) is 6.30. The molecule has 2 rings (SSSR count). The SMILES string of the molecule is COC(=O)CCCCCCNC(=O)CCCc1c[nH]c2ccccc12. The number of aromatic amines is 1. The molecular formula is C20H28N2O3. The average Bonchev–Trinajstić information content (AvgIpc) is 3.04. The van der Waals surface area contributed by atoms with Gasteiger partial charge in [0.2, 0.25) is 5.91 Å². The lowest BCUT2D eigenvalue weighted by atomic mass is 10.1. The number of hydrogen-bond donors (Lipinski definition) is 2. The van der Waals surface area contributed by atoms with E-state index in [1.54, 1.807) is 0 Å². The Balaban J connectivity index is 1.52. The van der Waals surface area contributed by atoms with Crippen molar-refractivity contribution in [3.8, 4) is 0 Å². The fourth-order valence-corrected chi connectivity index (χ4v) is 2.94. The number of aryl methyl sites for hydroxylation is 1. The van der Waals surface area contributed by atoms with Gasteiger partial charge in [-0.2, -0.15) is 0 Å². The van der Waals surface area contributed by atoms with Crippen molar-refractivity contribution in [3.63, 3.8) is 0 Å². The fraction of sp³-hybridized carbons (Fsp3) is 0.500. The van der Waals surface area contributed by atoms with E-state index in [1.807, 2.05) is 18.3 Å². The van der Waals surface area contributed by atoms with Crippen LogP contribution in [0.5, 0.6) is 0 Å². The van der Waals surface area contributed by atoms with Crippen LogP contribution in [0.25, 0.3) is 10.9 Å². The molecule has 5 nitrogen and oxygen atoms in total. The van der Waals surface area contributed by atoms with Gasteiger partial charge >= 0.3 is 5.97 Å². The standard InChI is InChI=1S/C20H28N2O3/c1-25-20(24)13-4-2-3-7-14-21-19(23)12-8-9-16-15-22-18-11-6-5-10-17(16)18/h5-6,10-11,15,22H,2-4,7-9,12-14H2,1H3,(H,21,23). The first-order valence-corrected chi connectivity index (χ1v) is 9.09. The zero-order chi connectivity index (χ0) is 17.9. The molecule has 0 aliphatic heterocycles. The second-order valence-electron chi connectivity index (χ2n) is 6.30. The van der Waals surface area contributed by atoms with E-state index in [0.29, 0.717) is 19.4 Å². The number of nitrogens with one attached hydrogen (secondary N) is 2. The van der Waals surface area contributed by atoms with Gasteiger partial charge in [-0.05, 0) is 37.3 Å². The Hall–Kier alpha value is -2.30. The Labute approximate surface area is 149 Å². The second kappa shape index (κ2) is 10.5. The first-order chi connectivity index (χ1) is 12.2. The van der Waals surface area contributed by atoms with Crippen LogP contribution in [0.3, 0.4) is 0 Å². The molecule has 0 saturated carbocycles. The number of carbonyl (C=O) groups excluding carboxylic acids is 2. The van der Waals surface area contributed by atoms with Crippen molar-refractivity contribution in [3.05, 3.63) is 36.0 Å². The Morgan fingerprint density at radius 2 is 1.84 bits per heavy atom. The average molecular weight is 344 g/mol. The summed E-state index contributed by atoms with van der Waals surface area (Å²) in [5.74, 6) is -0.0297. The Bertz CT molecular complexity index is 678. The van der Waals surface area contributed by atoms with E-state index in [9.17, 15) is 9.59 Å². The van der Waals surface area contributed by atoms with E-state index in [4.69, 9.17) is 0 Å². The molecule has 25 heavy (non-hydrogen) atoms. The monoisotopic (exact) mass is 344 g/mol. The Morgan fingerprint density at radius 3 is 2.68 bits per heavy atom. The van der Waals surface area contributed by atoms with Crippen molar-refractivity contribution in [1.29, 1.82) is 0 Å². The molecule has 0 unspecified atom stereocenters. The van der Waals surface area contributed by atoms with E-state index in [1.165, 1.54) is 18.1 Å². The molecule has 0 saturated heterocycles. The lowest BCUT2D eigenvalue weighted by Crippen LogP contribution is -2.24. The number of benzene rings is 1. The van der Waals surface area contributed by atoms with Crippen LogP contribution in [0.2, 0.25) is 0 Å². The smallest absolute Gasteiger partial charge is 0.305 e. The molecule has 0 aliphatic rings. The number of methoxy groups -OCH3 is 1. The molecule has 1 aromatic carbocycles. The first kappa shape index (κ1) is 19.0. The van der Waals surface area contributed by atoms with Crippen molar-refractivity contribution < 1.29 is 14.3 Å². The van der Waals surface area contributed by atoms with Crippen LogP contribution in [0, 0.1) is 0 Å². The third kappa shape index (κ3) is 6.61. The van der Waals surface area contributed by atoms with Gasteiger partial charge < -0.3 is 15.0 Å². The molecule has 0 fully saturated rings. The molecule has 1 amide bonds. The van der Waals surface area contributed by atoms with Gasteiger partial charge in [0.15, 0.2) is 0 Å². The summed E-state index contributed by atoms with van der Waals surface area (Å²) in [6.45, 7) is 0.712. The lowest BCUT2D eigenvalue weighted by molar-refractivity contribution is -0.140. The van der Waals surface area contributed by atoms with Crippen molar-refractivity contribution in [2.75, 3.05) is 13.7 Å². The van der Waals surface area contributed by atoms with Crippen LogP contribution in [0.1, 0.15) is 50.5 Å². The normalized spacial score (nSPS) is 10.8. The van der Waals surface area contributed by atoms with Gasteiger partial charge in [-0.3, -0.25) is 9.59 Å². The molecule has 0 spiro atoms. The number of para-hydroxylation sites is 1. The number of H-pyrrole nitrogens is 1. The summed E-state index contributed by atoms with van der Waals surface area (Å²) < 4.78 is 4.60. The van der Waals surface area contributed by atoms with Crippen LogP contribution >= 0.6 is 0 Å². The molecule has 0 aliphatic carbocycles. The highest BCUT2D eigenvalue weighted by Crippen LogP contribution is 2.19. The minimum absolute atomic E-state index is 0.120. The van der Waals surface area contributed by atoms with Gasteiger partial charge in [-0.1, -0.05) is 31.0 Å². The van der Waals surface area contributed by atoms with Crippen LogP contribution in [0.4, 0.5) is 0 Å². The number of hydrogen-bond acceptors (Lipinski definition) is 3. The number of amides is 1. The Morgan fingerprint density at radius 1 is 1.04 bits per heavy atom. The molecule has 2 N–H and O–H groups in total. The number of unbranched alkanes of at least 4 members (excludes halogenated alkanes) is 3. The van der Waals surface area contributed by atoms with E-state index in [0.717, 1.165) is 44.0 Å². The fourth-order valence-electron chi connectivity index (χ4n) is 2.94. The van der Waals surface area contributed by atoms with Gasteiger partial charge in [-0.15, -0.1) is 0 Å². The van der Waals surface area contributed by atoms with Crippen LogP contribution < -0.4 is 5.32 Å². The lowest BCUT2D eigenvalue weighted by Gasteiger charge is -2.05. The molecule has 0 radical (unpaired) electrons. The number of carbonyl (C=O) groups is 2. The summed E-state index contributed by atoms with van der Waals surface area (Å²) >= 11 is 0. The Kier molecular flexibility index (Phi) is 8.02. The summed E-state index contributed by atoms with van der Waals surface area (Å²) in [5, 5.41) is 4.22. The molecule has 5 heteroatoms. The van der Waals surface area contributed by atoms with Gasteiger partial charge in [0.05, 0.1) is 7.11 Å². The number of fused-ring (bicyclic) bond motifs is 1. The minimum atomic E-state index is -0.150. The maximum atomic E-state index is 11.9. The molecule has 2 aromatic rings. The maximum absolute atomic E-state index is 11.9. The van der Waals surface area contributed by atoms with E-state index < -0.39 is 0 Å². The summed E-state index contributed by atoms with van der Waals surface area (Å²) in [5.41, 5.74) is 2.42. The van der Waals surface area contributed by atoms with Crippen LogP contribution in [0.15, 0.2) is 30.5 Å². The molecule has 0 bridgehead atoms. The highest BCUT2D eigenvalue weighted by Gasteiger charge is 2.05. The van der Waals surface area contributed by atoms with Gasteiger partial charge in [-0.25, -0.2) is 0 Å². The van der Waals surface area contributed by atoms with Crippen molar-refractivity contribution in [1.82, 2.24) is 10.3 Å². The van der Waals surface area contributed by atoms with E-state index in [2.05, 4.69) is 27.2 Å². The summed E-state index contributed by atoms with van der Waals surface area (Å²) in [7, 11) is 1.41. The number of rotatable bonds is 11. The van der Waals surface area contributed by atoms with E-state index in [-0.39, 0.29) is 11.9 Å². The molecule has 1 heterocycles. The largest absolute Gasteiger partial charge is 0.469 e. The topological polar surface area (TPSA) is 71.2 Å². The maximum Gasteiger partial charge on any atom is 0.305 e. The van der Waals surface area contributed by atoms with Gasteiger partial charge in [0.1, 0.15) is 0 Å². The highest BCUT2D eigenvalue weighted by atomic mass is 16.5. The molecular weight excluding hydrogens is 316 g/mol. The quantitative estimate of drug-likeness (QED) is 0.482. The predicted molar refractivity (Wildman–Crippen MR) is 99.3 cm³/mol. The predicted octanol–water partition coefficient (Wildman–Crippen LogP) is 3.73. The van der Waals surface area contributed by atoms with Crippen molar-refractivity contribution >= 4 is 22.8 Å². The summed E-state index contributed by atoms with van der Waals surface area (Å²) in [4.78, 5) is 26.1. The first-order valence-electron chi connectivity index (χ1n) is 9.09. The van der Waals surface area contributed by atoms with Gasteiger partial charge in [0, 0.05) is 36.5 Å². The number of ether oxygens (including phenoxy) is 1. The molecule has 136 valence electrons. The number of aromatic nitrogens is 1. The highest BCUT2D eigenvalue weighted by molar-refractivity contribution is 5.83. The summed E-state index contributed by atoms with van der Waals surface area (Å²) in [6.07, 6.45) is 8.66. The summed E-state index contributed by atoms with van der Waals surface area (Å²) in [6, 6.07) is 8.24. The zero-order valence-corrected chi connectivity index (χ0v) is 15.0. The third-order valence-corrected chi connectivity index (χ3v) is 4.38. The van der Waals surface area contributed by atoms with Crippen LogP contribution in [-0.2, 0) is 20.7 Å². The molecule has 0 atom stereocenters. The van der Waals surface area contributed by atoms with E-state index >= 15 is 0 Å². The third-order valence-electron chi connectivity index (χ3n) is 4.38. The van der Waals surface area contributed by atoms with Gasteiger partial charge in [0.25, 0.3) is 0 Å². The van der Waals surface area contributed by atoms with Crippen molar-refractivity contribution in [2.24, 2.45) is 0 Å². The number of esters is 1. The minimum Gasteiger partial charge on any atom is -0.469 e. The van der Waals surface area contributed by atoms with Crippen LogP contribution in [-0.4, -0.2) is 30.5 Å². The zero-order valence-electron chi connectivity index (χ0n) is 15.0.